The predicted octanol–water partition coefficient (Wildman–Crippen LogP) is 2.46. The van der Waals surface area contributed by atoms with E-state index in [-0.39, 0.29) is 0 Å². The Morgan fingerprint density at radius 2 is 2.00 bits per heavy atom. The summed E-state index contributed by atoms with van der Waals surface area (Å²) in [5, 5.41) is 0. The molecule has 0 saturated carbocycles. The Labute approximate surface area is 83.2 Å². The quantitative estimate of drug-likeness (QED) is 0.731. The van der Waals surface area contributed by atoms with E-state index in [1.165, 1.54) is 0 Å². The summed E-state index contributed by atoms with van der Waals surface area (Å²) in [4.78, 5) is 4.02. The smallest absolute Gasteiger partial charge is 0.221 e. The molecule has 1 heterocycles. The molecule has 14 heavy (non-hydrogen) atoms. The average molecular weight is 184 g/mol. The third-order valence-corrected chi connectivity index (χ3v) is 1.80. The van der Waals surface area contributed by atoms with E-state index in [0.29, 0.717) is 12.5 Å². The zero-order valence-corrected chi connectivity index (χ0v) is 7.68. The Bertz CT molecular complexity index is 333. The molecule has 0 aliphatic heterocycles. The Balaban J connectivity index is 1.96. The highest BCUT2D eigenvalue weighted by atomic mass is 16.5. The van der Waals surface area contributed by atoms with E-state index in [1.807, 2.05) is 36.4 Å². The molecule has 69 valence electrons. The molecule has 1 aromatic carbocycles. The maximum Gasteiger partial charge on any atom is 0.221 e. The number of aromatic nitrogens is 1. The van der Waals surface area contributed by atoms with E-state index in [0.717, 1.165) is 5.56 Å². The lowest BCUT2D eigenvalue weighted by molar-refractivity contribution is 0.293. The van der Waals surface area contributed by atoms with Gasteiger partial charge in [-0.25, -0.2) is 4.98 Å². The van der Waals surface area contributed by atoms with Crippen molar-refractivity contribution in [2.24, 2.45) is 0 Å². The van der Waals surface area contributed by atoms with Gasteiger partial charge in [0.05, 0.1) is 0 Å². The first-order valence-electron chi connectivity index (χ1n) is 4.44. The molecule has 2 rings (SSSR count). The summed E-state index contributed by atoms with van der Waals surface area (Å²) >= 11 is 0. The summed E-state index contributed by atoms with van der Waals surface area (Å²) in [5.41, 5.74) is 1.13. The summed E-state index contributed by atoms with van der Waals surface area (Å²) in [5.74, 6) is 0.538. The number of ether oxygens (including phenoxy) is 1. The number of rotatable bonds is 3. The molecule has 1 aromatic heterocycles. The summed E-state index contributed by atoms with van der Waals surface area (Å²) in [7, 11) is 0. The molecule has 0 spiro atoms. The zero-order valence-electron chi connectivity index (χ0n) is 7.68. The van der Waals surface area contributed by atoms with Crippen LogP contribution in [-0.2, 0) is 6.61 Å². The second-order valence-electron chi connectivity index (χ2n) is 2.86. The highest BCUT2D eigenvalue weighted by molar-refractivity contribution is 5.15. The highest BCUT2D eigenvalue weighted by Gasteiger charge is 1.94. The van der Waals surface area contributed by atoms with Crippen LogP contribution in [0.2, 0.25) is 0 Å². The van der Waals surface area contributed by atoms with Crippen molar-refractivity contribution >= 4 is 0 Å². The van der Waals surface area contributed by atoms with Crippen LogP contribution < -0.4 is 4.74 Å². The molecule has 0 fully saturated rings. The molecule has 0 aliphatic rings. The molecule has 0 aliphatic carbocycles. The van der Waals surface area contributed by atoms with Gasteiger partial charge < -0.3 is 4.74 Å². The molecule has 2 nitrogen and oxygen atoms in total. The molecule has 0 saturated heterocycles. The number of benzene rings is 1. The molecule has 0 unspecified atom stereocenters. The second-order valence-corrected chi connectivity index (χ2v) is 2.86. The van der Waals surface area contributed by atoms with Crippen LogP contribution in [0.4, 0.5) is 0 Å². The SMILES string of the molecule is [c]1cccnc1OCc1ccccc1. The van der Waals surface area contributed by atoms with Crippen LogP contribution in [-0.4, -0.2) is 4.98 Å². The third kappa shape index (κ3) is 2.33. The molecule has 0 bridgehead atoms. The lowest BCUT2D eigenvalue weighted by Crippen LogP contribution is -1.96. The fraction of sp³-hybridized carbons (Fsp3) is 0.0833. The zero-order chi connectivity index (χ0) is 9.64. The summed E-state index contributed by atoms with van der Waals surface area (Å²) in [6.07, 6.45) is 1.69. The molecular formula is C12H10NO. The van der Waals surface area contributed by atoms with Gasteiger partial charge in [-0.05, 0) is 17.7 Å². The van der Waals surface area contributed by atoms with Gasteiger partial charge >= 0.3 is 0 Å². The van der Waals surface area contributed by atoms with Gasteiger partial charge in [0.15, 0.2) is 0 Å². The maximum absolute atomic E-state index is 5.43. The van der Waals surface area contributed by atoms with Gasteiger partial charge in [-0.1, -0.05) is 30.3 Å². The van der Waals surface area contributed by atoms with E-state index in [9.17, 15) is 0 Å². The molecule has 2 aromatic rings. The van der Waals surface area contributed by atoms with Crippen molar-refractivity contribution in [1.29, 1.82) is 0 Å². The van der Waals surface area contributed by atoms with Crippen molar-refractivity contribution < 1.29 is 4.74 Å². The van der Waals surface area contributed by atoms with Gasteiger partial charge in [-0.3, -0.25) is 0 Å². The highest BCUT2D eigenvalue weighted by Crippen LogP contribution is 2.06. The molecular weight excluding hydrogens is 174 g/mol. The van der Waals surface area contributed by atoms with Crippen molar-refractivity contribution in [3.8, 4) is 5.88 Å². The van der Waals surface area contributed by atoms with Gasteiger partial charge in [-0.2, -0.15) is 0 Å². The van der Waals surface area contributed by atoms with Crippen LogP contribution in [0.15, 0.2) is 48.7 Å². The predicted molar refractivity (Wildman–Crippen MR) is 53.8 cm³/mol. The van der Waals surface area contributed by atoms with Crippen molar-refractivity contribution in [3.05, 3.63) is 60.3 Å². The average Bonchev–Trinajstić information content (AvgIpc) is 2.29. The largest absolute Gasteiger partial charge is 0.472 e. The van der Waals surface area contributed by atoms with Crippen LogP contribution in [0.3, 0.4) is 0 Å². The minimum absolute atomic E-state index is 0.536. The van der Waals surface area contributed by atoms with Crippen LogP contribution in [0.1, 0.15) is 5.56 Å². The number of pyridine rings is 1. The Kier molecular flexibility index (Phi) is 2.76. The normalized spacial score (nSPS) is 9.71. The minimum Gasteiger partial charge on any atom is -0.472 e. The Hall–Kier alpha value is -1.83. The summed E-state index contributed by atoms with van der Waals surface area (Å²) in [6.45, 7) is 0.536. The van der Waals surface area contributed by atoms with Gasteiger partial charge in [-0.15, -0.1) is 0 Å². The van der Waals surface area contributed by atoms with Crippen molar-refractivity contribution in [1.82, 2.24) is 4.98 Å². The monoisotopic (exact) mass is 184 g/mol. The lowest BCUT2D eigenvalue weighted by Gasteiger charge is -2.03. The minimum atomic E-state index is 0.536. The standard InChI is InChI=1S/C12H10NO/c1-2-6-11(7-3-1)10-14-12-8-4-5-9-13-12/h1-7,9H,10H2. The van der Waals surface area contributed by atoms with E-state index in [4.69, 9.17) is 4.74 Å². The number of nitrogens with zero attached hydrogens (tertiary/aromatic N) is 1. The first-order valence-corrected chi connectivity index (χ1v) is 4.44. The van der Waals surface area contributed by atoms with Crippen molar-refractivity contribution in [2.75, 3.05) is 0 Å². The van der Waals surface area contributed by atoms with Gasteiger partial charge in [0.2, 0.25) is 5.88 Å². The molecule has 1 radical (unpaired) electrons. The first kappa shape index (κ1) is 8.75. The molecule has 0 N–H and O–H groups in total. The number of hydrogen-bond donors (Lipinski definition) is 0. The third-order valence-electron chi connectivity index (χ3n) is 1.80. The van der Waals surface area contributed by atoms with Gasteiger partial charge in [0, 0.05) is 12.3 Å². The topological polar surface area (TPSA) is 22.1 Å². The van der Waals surface area contributed by atoms with Gasteiger partial charge in [0.1, 0.15) is 6.61 Å². The van der Waals surface area contributed by atoms with Crippen LogP contribution in [0.25, 0.3) is 0 Å². The van der Waals surface area contributed by atoms with Crippen LogP contribution >= 0.6 is 0 Å². The Morgan fingerprint density at radius 3 is 2.71 bits per heavy atom. The second kappa shape index (κ2) is 4.42. The molecule has 0 amide bonds. The van der Waals surface area contributed by atoms with Gasteiger partial charge in [0.25, 0.3) is 0 Å². The fourth-order valence-electron chi connectivity index (χ4n) is 1.12. The fourth-order valence-corrected chi connectivity index (χ4v) is 1.12. The van der Waals surface area contributed by atoms with E-state index >= 15 is 0 Å². The maximum atomic E-state index is 5.43. The van der Waals surface area contributed by atoms with Crippen molar-refractivity contribution in [2.45, 2.75) is 6.61 Å². The van der Waals surface area contributed by atoms with Crippen LogP contribution in [0.5, 0.6) is 5.88 Å². The summed E-state index contributed by atoms with van der Waals surface area (Å²) < 4.78 is 5.43. The van der Waals surface area contributed by atoms with Crippen molar-refractivity contribution in [3.63, 3.8) is 0 Å². The van der Waals surface area contributed by atoms with E-state index in [2.05, 4.69) is 11.1 Å². The number of hydrogen-bond acceptors (Lipinski definition) is 2. The molecule has 0 atom stereocenters. The van der Waals surface area contributed by atoms with Crippen LogP contribution in [0, 0.1) is 6.07 Å². The lowest BCUT2D eigenvalue weighted by atomic mass is 10.2. The van der Waals surface area contributed by atoms with E-state index in [1.54, 1.807) is 12.3 Å². The van der Waals surface area contributed by atoms with E-state index < -0.39 is 0 Å². The summed E-state index contributed by atoms with van der Waals surface area (Å²) in [6, 6.07) is 16.5. The first-order chi connectivity index (χ1) is 6.95. The Morgan fingerprint density at radius 1 is 1.14 bits per heavy atom. The molecule has 2 heteroatoms.